The SMILES string of the molecule is Fc1ccc(C(Cn2cnnn2)C(F)(F)c2ccc3cc(F)ccc3n2)c(F)c1. The number of hydrogen-bond donors (Lipinski definition) is 0. The van der Waals surface area contributed by atoms with Crippen molar-refractivity contribution in [1.82, 2.24) is 25.2 Å². The van der Waals surface area contributed by atoms with Crippen molar-refractivity contribution in [1.29, 1.82) is 0 Å². The van der Waals surface area contributed by atoms with Gasteiger partial charge in [0.1, 0.15) is 29.5 Å². The molecule has 2 aromatic carbocycles. The molecule has 1 unspecified atom stereocenters. The van der Waals surface area contributed by atoms with E-state index in [1.165, 1.54) is 18.2 Å². The Balaban J connectivity index is 1.82. The maximum atomic E-state index is 15.5. The first-order chi connectivity index (χ1) is 13.8. The molecule has 4 aromatic rings. The van der Waals surface area contributed by atoms with Crippen molar-refractivity contribution >= 4 is 10.9 Å². The van der Waals surface area contributed by atoms with Gasteiger partial charge in [-0.3, -0.25) is 0 Å². The van der Waals surface area contributed by atoms with E-state index in [4.69, 9.17) is 0 Å². The van der Waals surface area contributed by atoms with Crippen LogP contribution in [-0.4, -0.2) is 25.2 Å². The van der Waals surface area contributed by atoms with Crippen LogP contribution in [0.5, 0.6) is 0 Å². The number of alkyl halides is 2. The number of benzene rings is 2. The fourth-order valence-corrected chi connectivity index (χ4v) is 3.10. The third-order valence-corrected chi connectivity index (χ3v) is 4.53. The number of pyridine rings is 1. The molecule has 0 N–H and O–H groups in total. The van der Waals surface area contributed by atoms with E-state index >= 15 is 8.78 Å². The van der Waals surface area contributed by atoms with Gasteiger partial charge in [0.15, 0.2) is 0 Å². The molecule has 0 bridgehead atoms. The van der Waals surface area contributed by atoms with E-state index in [-0.39, 0.29) is 5.52 Å². The van der Waals surface area contributed by atoms with E-state index in [0.717, 1.165) is 35.3 Å². The smallest absolute Gasteiger partial charge is 0.246 e. The molecule has 148 valence electrons. The van der Waals surface area contributed by atoms with Gasteiger partial charge in [-0.15, -0.1) is 5.10 Å². The van der Waals surface area contributed by atoms with Crippen molar-refractivity contribution in [2.45, 2.75) is 18.4 Å². The highest BCUT2D eigenvalue weighted by molar-refractivity contribution is 5.78. The van der Waals surface area contributed by atoms with Crippen LogP contribution in [0.25, 0.3) is 10.9 Å². The molecule has 29 heavy (non-hydrogen) atoms. The Kier molecular flexibility index (Phi) is 4.69. The minimum Gasteiger partial charge on any atom is -0.246 e. The van der Waals surface area contributed by atoms with Crippen LogP contribution < -0.4 is 0 Å². The molecule has 0 radical (unpaired) electrons. The number of nitrogens with zero attached hydrogens (tertiary/aromatic N) is 5. The van der Waals surface area contributed by atoms with Gasteiger partial charge < -0.3 is 0 Å². The summed E-state index contributed by atoms with van der Waals surface area (Å²) in [7, 11) is 0. The lowest BCUT2D eigenvalue weighted by molar-refractivity contribution is -0.0452. The number of hydrogen-bond acceptors (Lipinski definition) is 4. The second kappa shape index (κ2) is 7.19. The summed E-state index contributed by atoms with van der Waals surface area (Å²) in [6.07, 6.45) is 1.11. The van der Waals surface area contributed by atoms with Gasteiger partial charge in [0, 0.05) is 11.5 Å². The summed E-state index contributed by atoms with van der Waals surface area (Å²) < 4.78 is 73.1. The van der Waals surface area contributed by atoms with Crippen molar-refractivity contribution in [3.05, 3.63) is 83.6 Å². The lowest BCUT2D eigenvalue weighted by atomic mass is 9.89. The molecule has 2 heterocycles. The van der Waals surface area contributed by atoms with Crippen LogP contribution in [0.15, 0.2) is 54.9 Å². The van der Waals surface area contributed by atoms with Crippen LogP contribution in [0.1, 0.15) is 17.2 Å². The van der Waals surface area contributed by atoms with Gasteiger partial charge in [-0.05, 0) is 46.3 Å². The molecular weight excluding hydrogens is 393 g/mol. The summed E-state index contributed by atoms with van der Waals surface area (Å²) in [5, 5.41) is 10.7. The standard InChI is InChI=1S/C19H12F5N5/c20-12-3-5-17-11(7-12)1-6-18(26-17)19(23,24)15(9-29-10-25-27-28-29)14-4-2-13(21)8-16(14)22/h1-8,10,15H,9H2. The molecule has 0 aliphatic heterocycles. The Hall–Kier alpha value is -3.43. The fraction of sp³-hybridized carbons (Fsp3) is 0.158. The molecule has 0 saturated carbocycles. The molecule has 0 fully saturated rings. The lowest BCUT2D eigenvalue weighted by Crippen LogP contribution is -2.30. The number of rotatable bonds is 5. The molecule has 10 heteroatoms. The number of tetrazole rings is 1. The van der Waals surface area contributed by atoms with Crippen molar-refractivity contribution in [2.24, 2.45) is 0 Å². The molecule has 1 atom stereocenters. The normalized spacial score (nSPS) is 13.0. The Bertz CT molecular complexity index is 1160. The number of halogens is 5. The van der Waals surface area contributed by atoms with E-state index in [9.17, 15) is 13.2 Å². The maximum Gasteiger partial charge on any atom is 0.298 e. The Morgan fingerprint density at radius 1 is 0.931 bits per heavy atom. The van der Waals surface area contributed by atoms with Crippen molar-refractivity contribution in [3.8, 4) is 0 Å². The van der Waals surface area contributed by atoms with Crippen LogP contribution in [0.2, 0.25) is 0 Å². The first kappa shape index (κ1) is 18.9. The molecule has 0 aliphatic carbocycles. The lowest BCUT2D eigenvalue weighted by Gasteiger charge is -2.27. The quantitative estimate of drug-likeness (QED) is 0.467. The topological polar surface area (TPSA) is 56.5 Å². The summed E-state index contributed by atoms with van der Waals surface area (Å²) in [5.74, 6) is -7.99. The number of aromatic nitrogens is 5. The largest absolute Gasteiger partial charge is 0.298 e. The molecule has 5 nitrogen and oxygen atoms in total. The zero-order chi connectivity index (χ0) is 20.6. The summed E-state index contributed by atoms with van der Waals surface area (Å²) in [5.41, 5.74) is -0.893. The first-order valence-electron chi connectivity index (χ1n) is 8.45. The Morgan fingerprint density at radius 2 is 1.69 bits per heavy atom. The molecule has 0 aliphatic rings. The van der Waals surface area contributed by atoms with E-state index in [2.05, 4.69) is 20.5 Å². The predicted molar refractivity (Wildman–Crippen MR) is 92.5 cm³/mol. The van der Waals surface area contributed by atoms with Gasteiger partial charge in [-0.2, -0.15) is 8.78 Å². The maximum absolute atomic E-state index is 15.5. The molecule has 0 spiro atoms. The average Bonchev–Trinajstić information content (AvgIpc) is 3.19. The van der Waals surface area contributed by atoms with Gasteiger partial charge in [-0.1, -0.05) is 12.1 Å². The monoisotopic (exact) mass is 405 g/mol. The zero-order valence-electron chi connectivity index (χ0n) is 14.6. The van der Waals surface area contributed by atoms with Crippen molar-refractivity contribution < 1.29 is 22.0 Å². The minimum atomic E-state index is -3.67. The Morgan fingerprint density at radius 3 is 2.41 bits per heavy atom. The fourth-order valence-electron chi connectivity index (χ4n) is 3.10. The second-order valence-electron chi connectivity index (χ2n) is 6.41. The molecule has 4 rings (SSSR count). The highest BCUT2D eigenvalue weighted by atomic mass is 19.3. The van der Waals surface area contributed by atoms with E-state index in [1.807, 2.05) is 0 Å². The predicted octanol–water partition coefficient (Wildman–Crippen LogP) is 4.21. The minimum absolute atomic E-state index is 0.157. The van der Waals surface area contributed by atoms with Crippen LogP contribution in [0, 0.1) is 17.5 Å². The van der Waals surface area contributed by atoms with Crippen LogP contribution >= 0.6 is 0 Å². The Labute approximate surface area is 160 Å². The van der Waals surface area contributed by atoms with Crippen molar-refractivity contribution in [3.63, 3.8) is 0 Å². The van der Waals surface area contributed by atoms with E-state index < -0.39 is 47.1 Å². The molecule has 0 saturated heterocycles. The molecule has 2 aromatic heterocycles. The molecule has 0 amide bonds. The van der Waals surface area contributed by atoms with Crippen molar-refractivity contribution in [2.75, 3.05) is 0 Å². The van der Waals surface area contributed by atoms with Crippen LogP contribution in [-0.2, 0) is 12.5 Å². The van der Waals surface area contributed by atoms with E-state index in [0.29, 0.717) is 11.5 Å². The highest BCUT2D eigenvalue weighted by Gasteiger charge is 2.45. The van der Waals surface area contributed by atoms with Crippen LogP contribution in [0.4, 0.5) is 22.0 Å². The zero-order valence-corrected chi connectivity index (χ0v) is 14.6. The first-order valence-corrected chi connectivity index (χ1v) is 8.45. The van der Waals surface area contributed by atoms with Gasteiger partial charge in [0.25, 0.3) is 5.92 Å². The summed E-state index contributed by atoms with van der Waals surface area (Å²) in [6, 6.07) is 8.31. The number of fused-ring (bicyclic) bond motifs is 1. The van der Waals surface area contributed by atoms with Gasteiger partial charge >= 0.3 is 0 Å². The summed E-state index contributed by atoms with van der Waals surface area (Å²) in [4.78, 5) is 3.94. The third kappa shape index (κ3) is 3.65. The van der Waals surface area contributed by atoms with Gasteiger partial charge in [0.05, 0.1) is 18.0 Å². The van der Waals surface area contributed by atoms with Crippen LogP contribution in [0.3, 0.4) is 0 Å². The van der Waals surface area contributed by atoms with E-state index in [1.54, 1.807) is 0 Å². The molecular formula is C19H12F5N5. The summed E-state index contributed by atoms with van der Waals surface area (Å²) >= 11 is 0. The summed E-state index contributed by atoms with van der Waals surface area (Å²) in [6.45, 7) is -0.480. The average molecular weight is 405 g/mol. The highest BCUT2D eigenvalue weighted by Crippen LogP contribution is 2.43. The van der Waals surface area contributed by atoms with Gasteiger partial charge in [0.2, 0.25) is 0 Å². The second-order valence-corrected chi connectivity index (χ2v) is 6.41. The van der Waals surface area contributed by atoms with Gasteiger partial charge in [-0.25, -0.2) is 22.8 Å². The third-order valence-electron chi connectivity index (χ3n) is 4.53.